The third kappa shape index (κ3) is 4.53. The maximum absolute atomic E-state index is 13.3. The van der Waals surface area contributed by atoms with Crippen molar-refractivity contribution in [2.45, 2.75) is 19.0 Å². The molecule has 1 aromatic carbocycles. The van der Waals surface area contributed by atoms with Gasteiger partial charge >= 0.3 is 6.18 Å². The molecule has 0 aliphatic heterocycles. The molecule has 2 heterocycles. The van der Waals surface area contributed by atoms with Gasteiger partial charge in [0.25, 0.3) is 5.91 Å². The summed E-state index contributed by atoms with van der Waals surface area (Å²) in [5.74, 6) is -1.80. The topological polar surface area (TPSA) is 92.9 Å². The minimum Gasteiger partial charge on any atom is -0.431 e. The summed E-state index contributed by atoms with van der Waals surface area (Å²) in [5.41, 5.74) is -0.386. The smallest absolute Gasteiger partial charge is 0.431 e. The largest absolute Gasteiger partial charge is 0.452 e. The Bertz CT molecular complexity index is 999. The summed E-state index contributed by atoms with van der Waals surface area (Å²) in [7, 11) is 0. The molecule has 29 heavy (non-hydrogen) atoms. The standard InChI is InChI=1S/C19H16F3N5O2/c20-19(21,22)15-14(27-17(29-15)12-4-2-1-3-5-12)16(28)26-13-9-24-18(25-10-13)23-8-11-6-7-11/h1-5,9-11H,6-8H2,(H,26,28)(H,23,24,25). The number of hydrogen-bond donors (Lipinski definition) is 2. The number of rotatable bonds is 6. The van der Waals surface area contributed by atoms with Gasteiger partial charge in [-0.1, -0.05) is 18.2 Å². The van der Waals surface area contributed by atoms with Crippen molar-refractivity contribution < 1.29 is 22.4 Å². The Morgan fingerprint density at radius 2 is 1.83 bits per heavy atom. The van der Waals surface area contributed by atoms with Gasteiger partial charge in [-0.3, -0.25) is 4.79 Å². The normalized spacial score (nSPS) is 13.9. The molecule has 150 valence electrons. The van der Waals surface area contributed by atoms with Crippen molar-refractivity contribution in [2.75, 3.05) is 17.2 Å². The Hall–Kier alpha value is -3.43. The lowest BCUT2D eigenvalue weighted by atomic mass is 10.2. The van der Waals surface area contributed by atoms with Gasteiger partial charge in [0.15, 0.2) is 5.69 Å². The molecular weight excluding hydrogens is 387 g/mol. The van der Waals surface area contributed by atoms with Crippen molar-refractivity contribution in [3.8, 4) is 11.5 Å². The molecule has 3 aromatic rings. The molecule has 0 bridgehead atoms. The predicted molar refractivity (Wildman–Crippen MR) is 98.1 cm³/mol. The van der Waals surface area contributed by atoms with Crippen molar-refractivity contribution in [1.29, 1.82) is 0 Å². The van der Waals surface area contributed by atoms with Crippen molar-refractivity contribution >= 4 is 17.5 Å². The first-order valence-corrected chi connectivity index (χ1v) is 8.91. The summed E-state index contributed by atoms with van der Waals surface area (Å²) in [6, 6.07) is 8.03. The van der Waals surface area contributed by atoms with Crippen LogP contribution in [0.1, 0.15) is 29.1 Å². The molecule has 0 radical (unpaired) electrons. The van der Waals surface area contributed by atoms with E-state index in [1.54, 1.807) is 18.2 Å². The van der Waals surface area contributed by atoms with Gasteiger partial charge in [0.1, 0.15) is 0 Å². The molecule has 1 aliphatic rings. The molecule has 1 saturated carbocycles. The molecule has 4 rings (SSSR count). The zero-order chi connectivity index (χ0) is 20.4. The lowest BCUT2D eigenvalue weighted by Crippen LogP contribution is -2.18. The van der Waals surface area contributed by atoms with E-state index < -0.39 is 23.5 Å². The van der Waals surface area contributed by atoms with Gasteiger partial charge in [-0.2, -0.15) is 13.2 Å². The molecule has 2 N–H and O–H groups in total. The fourth-order valence-corrected chi connectivity index (χ4v) is 2.60. The molecule has 1 aliphatic carbocycles. The number of carbonyl (C=O) groups excluding carboxylic acids is 1. The Balaban J connectivity index is 1.53. The molecule has 10 heteroatoms. The summed E-state index contributed by atoms with van der Waals surface area (Å²) < 4.78 is 44.9. The van der Waals surface area contributed by atoms with Crippen LogP contribution >= 0.6 is 0 Å². The van der Waals surface area contributed by atoms with Crippen LogP contribution in [-0.4, -0.2) is 27.4 Å². The van der Waals surface area contributed by atoms with Crippen LogP contribution in [0.5, 0.6) is 0 Å². The van der Waals surface area contributed by atoms with E-state index in [1.165, 1.54) is 37.4 Å². The van der Waals surface area contributed by atoms with E-state index in [0.717, 1.165) is 6.54 Å². The Kier molecular flexibility index (Phi) is 4.91. The van der Waals surface area contributed by atoms with Crippen molar-refractivity contribution in [2.24, 2.45) is 5.92 Å². The van der Waals surface area contributed by atoms with Crippen molar-refractivity contribution in [1.82, 2.24) is 15.0 Å². The molecule has 1 fully saturated rings. The SMILES string of the molecule is O=C(Nc1cnc(NCC2CC2)nc1)c1nc(-c2ccccc2)oc1C(F)(F)F. The van der Waals surface area contributed by atoms with Gasteiger partial charge < -0.3 is 15.1 Å². The average Bonchev–Trinajstić information content (AvgIpc) is 3.42. The van der Waals surface area contributed by atoms with E-state index in [-0.39, 0.29) is 11.6 Å². The quantitative estimate of drug-likeness (QED) is 0.640. The highest BCUT2D eigenvalue weighted by atomic mass is 19.4. The minimum atomic E-state index is -4.88. The highest BCUT2D eigenvalue weighted by Gasteiger charge is 2.42. The second-order valence-corrected chi connectivity index (χ2v) is 6.63. The summed E-state index contributed by atoms with van der Waals surface area (Å²) in [5, 5.41) is 5.38. The first kappa shape index (κ1) is 18.9. The first-order chi connectivity index (χ1) is 13.9. The summed E-state index contributed by atoms with van der Waals surface area (Å²) in [6.07, 6.45) is 0.0909. The third-order valence-corrected chi connectivity index (χ3v) is 4.28. The third-order valence-electron chi connectivity index (χ3n) is 4.28. The van der Waals surface area contributed by atoms with E-state index >= 15 is 0 Å². The summed E-state index contributed by atoms with van der Waals surface area (Å²) in [4.78, 5) is 24.3. The maximum atomic E-state index is 13.3. The predicted octanol–water partition coefficient (Wildman–Crippen LogP) is 4.22. The average molecular weight is 403 g/mol. The van der Waals surface area contributed by atoms with Gasteiger partial charge in [0.05, 0.1) is 18.1 Å². The molecule has 0 atom stereocenters. The number of aromatic nitrogens is 3. The van der Waals surface area contributed by atoms with E-state index in [1.807, 2.05) is 0 Å². The van der Waals surface area contributed by atoms with Crippen molar-refractivity contribution in [3.63, 3.8) is 0 Å². The maximum Gasteiger partial charge on any atom is 0.452 e. The molecule has 0 saturated heterocycles. The van der Waals surface area contributed by atoms with Crippen LogP contribution in [0.4, 0.5) is 24.8 Å². The van der Waals surface area contributed by atoms with Gasteiger partial charge in [-0.25, -0.2) is 15.0 Å². The van der Waals surface area contributed by atoms with Crippen LogP contribution in [0.15, 0.2) is 47.1 Å². The highest BCUT2D eigenvalue weighted by molar-refractivity contribution is 6.03. The molecule has 2 aromatic heterocycles. The highest BCUT2D eigenvalue weighted by Crippen LogP contribution is 2.35. The number of benzene rings is 1. The second kappa shape index (κ2) is 7.53. The zero-order valence-electron chi connectivity index (χ0n) is 15.0. The summed E-state index contributed by atoms with van der Waals surface area (Å²) >= 11 is 0. The monoisotopic (exact) mass is 403 g/mol. The van der Waals surface area contributed by atoms with Crippen LogP contribution < -0.4 is 10.6 Å². The summed E-state index contributed by atoms with van der Waals surface area (Å²) in [6.45, 7) is 0.766. The number of hydrogen-bond acceptors (Lipinski definition) is 6. The van der Waals surface area contributed by atoms with E-state index in [4.69, 9.17) is 4.42 Å². The van der Waals surface area contributed by atoms with E-state index in [0.29, 0.717) is 17.4 Å². The van der Waals surface area contributed by atoms with E-state index in [9.17, 15) is 18.0 Å². The number of oxazole rings is 1. The fourth-order valence-electron chi connectivity index (χ4n) is 2.60. The van der Waals surface area contributed by atoms with Crippen molar-refractivity contribution in [3.05, 3.63) is 54.2 Å². The van der Waals surface area contributed by atoms with Crippen LogP contribution in [0.25, 0.3) is 11.5 Å². The fraction of sp³-hybridized carbons (Fsp3) is 0.263. The zero-order valence-corrected chi connectivity index (χ0v) is 15.0. The molecule has 7 nitrogen and oxygen atoms in total. The number of nitrogens with zero attached hydrogens (tertiary/aromatic N) is 3. The van der Waals surface area contributed by atoms with Gasteiger partial charge in [0.2, 0.25) is 17.6 Å². The number of carbonyl (C=O) groups is 1. The number of alkyl halides is 3. The minimum absolute atomic E-state index is 0.143. The van der Waals surface area contributed by atoms with E-state index in [2.05, 4.69) is 25.6 Å². The second-order valence-electron chi connectivity index (χ2n) is 6.63. The Labute approximate surface area is 163 Å². The lowest BCUT2D eigenvalue weighted by molar-refractivity contribution is -0.153. The molecule has 1 amide bonds. The van der Waals surface area contributed by atoms with Gasteiger partial charge in [-0.15, -0.1) is 0 Å². The Morgan fingerprint density at radius 3 is 2.45 bits per heavy atom. The number of anilines is 2. The van der Waals surface area contributed by atoms with Crippen LogP contribution in [-0.2, 0) is 6.18 Å². The van der Waals surface area contributed by atoms with Crippen LogP contribution in [0, 0.1) is 5.92 Å². The number of amides is 1. The molecule has 0 spiro atoms. The molecule has 0 unspecified atom stereocenters. The number of halogens is 3. The van der Waals surface area contributed by atoms with Gasteiger partial charge in [0, 0.05) is 12.1 Å². The van der Waals surface area contributed by atoms with Crippen LogP contribution in [0.2, 0.25) is 0 Å². The Morgan fingerprint density at radius 1 is 1.14 bits per heavy atom. The van der Waals surface area contributed by atoms with Gasteiger partial charge in [-0.05, 0) is 30.9 Å². The lowest BCUT2D eigenvalue weighted by Gasteiger charge is -2.07. The number of nitrogens with one attached hydrogen (secondary N) is 2. The van der Waals surface area contributed by atoms with Crippen LogP contribution in [0.3, 0.4) is 0 Å². The molecular formula is C19H16F3N5O2. The first-order valence-electron chi connectivity index (χ1n) is 8.91.